The molecule has 0 aromatic rings. The number of hydrogen-bond donors (Lipinski definition) is 0. The van der Waals surface area contributed by atoms with Crippen LogP contribution in [0.4, 0.5) is 0 Å². The van der Waals surface area contributed by atoms with E-state index in [2.05, 4.69) is 11.8 Å². The fraction of sp³-hybridized carbons (Fsp3) is 0.941. The van der Waals surface area contributed by atoms with E-state index >= 15 is 0 Å². The van der Waals surface area contributed by atoms with Crippen LogP contribution in [0.25, 0.3) is 0 Å². The Bertz CT molecular complexity index is 512. The van der Waals surface area contributed by atoms with E-state index in [1.165, 1.54) is 30.0 Å². The minimum absolute atomic E-state index is 0.0427. The molecule has 1 saturated carbocycles. The Morgan fingerprint density at radius 3 is 2.22 bits per heavy atom. The third kappa shape index (κ3) is 4.26. The molecule has 1 unspecified atom stereocenters. The van der Waals surface area contributed by atoms with E-state index in [0.717, 1.165) is 31.8 Å². The minimum Gasteiger partial charge on any atom is -0.300 e. The molecule has 6 heteroatoms. The third-order valence-corrected chi connectivity index (χ3v) is 8.05. The van der Waals surface area contributed by atoms with Crippen molar-refractivity contribution >= 4 is 10.0 Å². The van der Waals surface area contributed by atoms with Gasteiger partial charge in [0.15, 0.2) is 5.25 Å². The second-order valence-electron chi connectivity index (χ2n) is 7.27. The average molecular weight is 342 g/mol. The Kier molecular flexibility index (Phi) is 6.47. The van der Waals surface area contributed by atoms with Gasteiger partial charge in [0, 0.05) is 19.1 Å². The van der Waals surface area contributed by atoms with Crippen molar-refractivity contribution in [3.63, 3.8) is 0 Å². The fourth-order valence-electron chi connectivity index (χ4n) is 4.00. The molecule has 0 aromatic carbocycles. The lowest BCUT2D eigenvalue weighted by Gasteiger charge is -2.42. The summed E-state index contributed by atoms with van der Waals surface area (Å²) in [6.07, 6.45) is 7.31. The zero-order valence-electron chi connectivity index (χ0n) is 14.7. The molecule has 0 radical (unpaired) electrons. The van der Waals surface area contributed by atoms with E-state index in [0.29, 0.717) is 12.5 Å². The van der Waals surface area contributed by atoms with E-state index in [9.17, 15) is 8.42 Å². The van der Waals surface area contributed by atoms with Gasteiger partial charge in [-0.3, -0.25) is 0 Å². The first-order valence-corrected chi connectivity index (χ1v) is 10.5. The number of hydrogen-bond acceptors (Lipinski definition) is 4. The molecule has 2 aliphatic rings. The van der Waals surface area contributed by atoms with E-state index in [1.54, 1.807) is 14.0 Å². The van der Waals surface area contributed by atoms with Crippen LogP contribution in [0.3, 0.4) is 0 Å². The normalized spacial score (nSPS) is 29.3. The lowest BCUT2D eigenvalue weighted by Crippen LogP contribution is -2.50. The van der Waals surface area contributed by atoms with Crippen LogP contribution in [0.5, 0.6) is 0 Å². The van der Waals surface area contributed by atoms with Gasteiger partial charge in [-0.05, 0) is 64.0 Å². The molecule has 2 fully saturated rings. The van der Waals surface area contributed by atoms with Gasteiger partial charge in [-0.15, -0.1) is 0 Å². The molecule has 0 N–H and O–H groups in total. The van der Waals surface area contributed by atoms with Crippen molar-refractivity contribution in [2.45, 2.75) is 76.1 Å². The standard InChI is InChI=1S/C17H31N3O2S/c1-4-17(13-18)23(21,22)19(3)15-9-11-20(12-10-15)16-7-5-14(2)6-8-16/h14-17H,4-12H2,1-3H3. The van der Waals surface area contributed by atoms with Crippen molar-refractivity contribution in [3.8, 4) is 6.07 Å². The van der Waals surface area contributed by atoms with Crippen molar-refractivity contribution in [2.75, 3.05) is 20.1 Å². The van der Waals surface area contributed by atoms with Crippen LogP contribution in [0.15, 0.2) is 0 Å². The second kappa shape index (κ2) is 7.96. The van der Waals surface area contributed by atoms with Gasteiger partial charge in [-0.1, -0.05) is 13.8 Å². The molecule has 1 atom stereocenters. The first-order valence-electron chi connectivity index (χ1n) is 9.00. The summed E-state index contributed by atoms with van der Waals surface area (Å²) >= 11 is 0. The molecule has 5 nitrogen and oxygen atoms in total. The van der Waals surface area contributed by atoms with Crippen LogP contribution in [-0.4, -0.2) is 55.1 Å². The highest BCUT2D eigenvalue weighted by atomic mass is 32.2. The highest BCUT2D eigenvalue weighted by Gasteiger charge is 2.36. The second-order valence-corrected chi connectivity index (χ2v) is 9.44. The maximum absolute atomic E-state index is 12.5. The summed E-state index contributed by atoms with van der Waals surface area (Å²) in [4.78, 5) is 2.56. The largest absolute Gasteiger partial charge is 0.300 e. The van der Waals surface area contributed by atoms with Gasteiger partial charge in [-0.2, -0.15) is 5.26 Å². The summed E-state index contributed by atoms with van der Waals surface area (Å²) < 4.78 is 26.5. The lowest BCUT2D eigenvalue weighted by atomic mass is 9.85. The Morgan fingerprint density at radius 2 is 1.74 bits per heavy atom. The number of sulfonamides is 1. The minimum atomic E-state index is -3.50. The van der Waals surface area contributed by atoms with E-state index in [1.807, 2.05) is 6.07 Å². The smallest absolute Gasteiger partial charge is 0.230 e. The van der Waals surface area contributed by atoms with E-state index in [-0.39, 0.29) is 6.04 Å². The van der Waals surface area contributed by atoms with Crippen molar-refractivity contribution in [1.29, 1.82) is 5.26 Å². The predicted molar refractivity (Wildman–Crippen MR) is 92.4 cm³/mol. The number of nitrogens with zero attached hydrogens (tertiary/aromatic N) is 3. The van der Waals surface area contributed by atoms with E-state index < -0.39 is 15.3 Å². The molecule has 1 heterocycles. The molecule has 1 saturated heterocycles. The number of likely N-dealkylation sites (tertiary alicyclic amines) is 1. The van der Waals surface area contributed by atoms with E-state index in [4.69, 9.17) is 5.26 Å². The number of nitriles is 1. The summed E-state index contributed by atoms with van der Waals surface area (Å²) in [7, 11) is -1.85. The summed E-state index contributed by atoms with van der Waals surface area (Å²) in [6, 6.07) is 2.67. The number of piperidine rings is 1. The summed E-state index contributed by atoms with van der Waals surface area (Å²) in [6.45, 7) is 6.05. The van der Waals surface area contributed by atoms with Crippen LogP contribution in [0, 0.1) is 17.2 Å². The molecule has 1 aliphatic carbocycles. The fourth-order valence-corrected chi connectivity index (χ4v) is 5.58. The van der Waals surface area contributed by atoms with Gasteiger partial charge in [0.2, 0.25) is 10.0 Å². The van der Waals surface area contributed by atoms with Gasteiger partial charge >= 0.3 is 0 Å². The van der Waals surface area contributed by atoms with Gasteiger partial charge < -0.3 is 4.90 Å². The van der Waals surface area contributed by atoms with Crippen LogP contribution >= 0.6 is 0 Å². The number of rotatable bonds is 5. The molecule has 2 rings (SSSR count). The van der Waals surface area contributed by atoms with Gasteiger partial charge in [0.25, 0.3) is 0 Å². The molecule has 132 valence electrons. The maximum Gasteiger partial charge on any atom is 0.230 e. The van der Waals surface area contributed by atoms with Crippen molar-refractivity contribution < 1.29 is 8.42 Å². The highest BCUT2D eigenvalue weighted by molar-refractivity contribution is 7.90. The Labute approximate surface area is 141 Å². The van der Waals surface area contributed by atoms with Crippen LogP contribution in [0.2, 0.25) is 0 Å². The van der Waals surface area contributed by atoms with Crippen molar-refractivity contribution in [2.24, 2.45) is 5.92 Å². The molecular weight excluding hydrogens is 310 g/mol. The molecular formula is C17H31N3O2S. The molecule has 0 bridgehead atoms. The highest BCUT2D eigenvalue weighted by Crippen LogP contribution is 2.30. The summed E-state index contributed by atoms with van der Waals surface area (Å²) in [5.74, 6) is 0.858. The molecule has 0 amide bonds. The topological polar surface area (TPSA) is 64.4 Å². The van der Waals surface area contributed by atoms with Gasteiger partial charge in [0.05, 0.1) is 6.07 Å². The summed E-state index contributed by atoms with van der Waals surface area (Å²) in [5, 5.41) is 8.17. The Hall–Kier alpha value is -0.640. The molecule has 1 aliphatic heterocycles. The van der Waals surface area contributed by atoms with Crippen LogP contribution < -0.4 is 0 Å². The molecule has 0 aromatic heterocycles. The first-order chi connectivity index (χ1) is 10.9. The quantitative estimate of drug-likeness (QED) is 0.771. The van der Waals surface area contributed by atoms with Gasteiger partial charge in [-0.25, -0.2) is 12.7 Å². The lowest BCUT2D eigenvalue weighted by molar-refractivity contribution is 0.0929. The summed E-state index contributed by atoms with van der Waals surface area (Å²) in [5.41, 5.74) is 0. The SMILES string of the molecule is CCC(C#N)S(=O)(=O)N(C)C1CCN(C2CCC(C)CC2)CC1. The predicted octanol–water partition coefficient (Wildman–Crippen LogP) is 2.59. The monoisotopic (exact) mass is 341 g/mol. The maximum atomic E-state index is 12.5. The zero-order chi connectivity index (χ0) is 17.0. The molecule has 0 spiro atoms. The van der Waals surface area contributed by atoms with Crippen LogP contribution in [0.1, 0.15) is 58.8 Å². The average Bonchev–Trinajstić information content (AvgIpc) is 2.56. The van der Waals surface area contributed by atoms with Crippen molar-refractivity contribution in [1.82, 2.24) is 9.21 Å². The van der Waals surface area contributed by atoms with Gasteiger partial charge in [0.1, 0.15) is 0 Å². The Balaban J connectivity index is 1.90. The Morgan fingerprint density at radius 1 is 1.17 bits per heavy atom. The van der Waals surface area contributed by atoms with Crippen LogP contribution in [-0.2, 0) is 10.0 Å². The zero-order valence-corrected chi connectivity index (χ0v) is 15.6. The molecule has 23 heavy (non-hydrogen) atoms. The first kappa shape index (κ1) is 18.7. The third-order valence-electron chi connectivity index (χ3n) is 5.79. The van der Waals surface area contributed by atoms with Crippen molar-refractivity contribution in [3.05, 3.63) is 0 Å².